The summed E-state index contributed by atoms with van der Waals surface area (Å²) in [6.45, 7) is 3.53. The summed E-state index contributed by atoms with van der Waals surface area (Å²) >= 11 is 0. The van der Waals surface area contributed by atoms with Crippen molar-refractivity contribution in [3.05, 3.63) is 53.3 Å². The summed E-state index contributed by atoms with van der Waals surface area (Å²) in [7, 11) is 1.86. The molecule has 2 bridgehead atoms. The fourth-order valence-electron chi connectivity index (χ4n) is 7.78. The van der Waals surface area contributed by atoms with E-state index in [0.29, 0.717) is 26.2 Å². The predicted octanol–water partition coefficient (Wildman–Crippen LogP) is 6.10. The summed E-state index contributed by atoms with van der Waals surface area (Å²) in [5.74, 6) is -1.52. The SMILES string of the molecule is C#Cc1c(F)ccc2cc(O)cc(-c3c(F)cc4c(N5C[C@H]6CC[C@@H](C5)N6)nc(OC[C@]5(C)CN(C)CC[C@@H]5C(F)F)nc4c3F)c12. The summed E-state index contributed by atoms with van der Waals surface area (Å²) in [5.41, 5.74) is -2.13. The molecule has 0 unspecified atom stereocenters. The van der Waals surface area contributed by atoms with Gasteiger partial charge in [-0.25, -0.2) is 22.0 Å². The second-order valence-corrected chi connectivity index (χ2v) is 13.4. The van der Waals surface area contributed by atoms with Gasteiger partial charge in [0.25, 0.3) is 0 Å². The van der Waals surface area contributed by atoms with Crippen LogP contribution in [0.3, 0.4) is 0 Å². The van der Waals surface area contributed by atoms with E-state index in [4.69, 9.17) is 11.2 Å². The minimum Gasteiger partial charge on any atom is -0.508 e. The van der Waals surface area contributed by atoms with E-state index in [1.165, 1.54) is 12.1 Å². The Hall–Kier alpha value is -4.21. The number of rotatable bonds is 6. The topological polar surface area (TPSA) is 73.8 Å². The first kappa shape index (κ1) is 31.4. The van der Waals surface area contributed by atoms with Crippen LogP contribution in [0.4, 0.5) is 27.8 Å². The van der Waals surface area contributed by atoms with Gasteiger partial charge in [0.15, 0.2) is 5.82 Å². The van der Waals surface area contributed by atoms with E-state index in [9.17, 15) is 18.3 Å². The lowest BCUT2D eigenvalue weighted by atomic mass is 9.73. The molecule has 3 aliphatic rings. The van der Waals surface area contributed by atoms with E-state index in [-0.39, 0.29) is 75.5 Å². The Kier molecular flexibility index (Phi) is 7.88. The molecule has 3 saturated heterocycles. The molecular weight excluding hydrogens is 617 g/mol. The number of nitrogens with one attached hydrogen (secondary N) is 1. The van der Waals surface area contributed by atoms with Crippen LogP contribution in [0.15, 0.2) is 30.3 Å². The van der Waals surface area contributed by atoms with Crippen LogP contribution < -0.4 is 15.0 Å². The average molecular weight is 652 g/mol. The zero-order valence-electron chi connectivity index (χ0n) is 26.0. The molecule has 0 saturated carbocycles. The number of terminal acetylenes is 1. The molecule has 47 heavy (non-hydrogen) atoms. The minimum absolute atomic E-state index is 0.0549. The van der Waals surface area contributed by atoms with Crippen molar-refractivity contribution >= 4 is 27.5 Å². The molecule has 0 radical (unpaired) electrons. The van der Waals surface area contributed by atoms with E-state index >= 15 is 8.78 Å². The maximum absolute atomic E-state index is 16.8. The largest absolute Gasteiger partial charge is 0.508 e. The summed E-state index contributed by atoms with van der Waals surface area (Å²) < 4.78 is 82.2. The van der Waals surface area contributed by atoms with Crippen LogP contribution in [0, 0.1) is 41.1 Å². The highest BCUT2D eigenvalue weighted by atomic mass is 19.3. The molecule has 4 atom stereocenters. The number of halogens is 5. The number of aromatic nitrogens is 2. The van der Waals surface area contributed by atoms with E-state index < -0.39 is 40.8 Å². The Balaban J connectivity index is 1.40. The van der Waals surface area contributed by atoms with Gasteiger partial charge in [-0.15, -0.1) is 6.42 Å². The van der Waals surface area contributed by atoms with Gasteiger partial charge in [-0.1, -0.05) is 18.9 Å². The molecular formula is C35H34F5N5O2. The molecule has 12 heteroatoms. The van der Waals surface area contributed by atoms with Crippen molar-refractivity contribution in [3.8, 4) is 35.2 Å². The van der Waals surface area contributed by atoms with Gasteiger partial charge in [0.1, 0.15) is 28.7 Å². The van der Waals surface area contributed by atoms with Gasteiger partial charge in [-0.2, -0.15) is 9.97 Å². The summed E-state index contributed by atoms with van der Waals surface area (Å²) in [6, 6.07) is 6.19. The van der Waals surface area contributed by atoms with Crippen molar-refractivity contribution in [1.82, 2.24) is 20.2 Å². The average Bonchev–Trinajstić information content (AvgIpc) is 3.36. The molecule has 3 aliphatic heterocycles. The van der Waals surface area contributed by atoms with Gasteiger partial charge in [0, 0.05) is 59.4 Å². The third-order valence-electron chi connectivity index (χ3n) is 10.0. The minimum atomic E-state index is -2.56. The van der Waals surface area contributed by atoms with Crippen LogP contribution in [0.1, 0.15) is 31.7 Å². The number of phenols is 1. The monoisotopic (exact) mass is 651 g/mol. The van der Waals surface area contributed by atoms with Crippen LogP contribution >= 0.6 is 0 Å². The number of fused-ring (bicyclic) bond motifs is 4. The number of phenolic OH excluding ortho intramolecular Hbond substituents is 1. The molecule has 7 rings (SSSR count). The Bertz CT molecular complexity index is 1920. The normalized spacial score (nSPS) is 24.7. The van der Waals surface area contributed by atoms with Crippen LogP contribution in [0.5, 0.6) is 11.8 Å². The van der Waals surface area contributed by atoms with E-state index in [2.05, 4.69) is 21.2 Å². The fraction of sp³-hybridized carbons (Fsp3) is 0.429. The molecule has 3 fully saturated rings. The Morgan fingerprint density at radius 3 is 2.53 bits per heavy atom. The molecule has 1 aromatic heterocycles. The summed E-state index contributed by atoms with van der Waals surface area (Å²) in [4.78, 5) is 12.9. The van der Waals surface area contributed by atoms with Gasteiger partial charge in [0.05, 0.1) is 17.7 Å². The van der Waals surface area contributed by atoms with Gasteiger partial charge in [0.2, 0.25) is 6.43 Å². The maximum atomic E-state index is 16.8. The lowest BCUT2D eigenvalue weighted by Crippen LogP contribution is -2.51. The smallest absolute Gasteiger partial charge is 0.319 e. The first-order valence-corrected chi connectivity index (χ1v) is 15.7. The van der Waals surface area contributed by atoms with E-state index in [1.54, 1.807) is 6.92 Å². The third kappa shape index (κ3) is 5.49. The Morgan fingerprint density at radius 2 is 1.83 bits per heavy atom. The zero-order chi connectivity index (χ0) is 33.2. The number of aromatic hydroxyl groups is 1. The second-order valence-electron chi connectivity index (χ2n) is 13.4. The zero-order valence-corrected chi connectivity index (χ0v) is 26.0. The van der Waals surface area contributed by atoms with Crippen molar-refractivity contribution in [2.45, 2.75) is 44.7 Å². The third-order valence-corrected chi connectivity index (χ3v) is 10.0. The molecule has 4 aromatic rings. The van der Waals surface area contributed by atoms with Crippen molar-refractivity contribution in [2.24, 2.45) is 11.3 Å². The van der Waals surface area contributed by atoms with Gasteiger partial charge in [-0.05, 0) is 62.5 Å². The molecule has 0 amide bonds. The predicted molar refractivity (Wildman–Crippen MR) is 169 cm³/mol. The highest BCUT2D eigenvalue weighted by Crippen LogP contribution is 2.43. The van der Waals surface area contributed by atoms with Crippen LogP contribution in [-0.4, -0.2) is 78.3 Å². The van der Waals surface area contributed by atoms with Crippen LogP contribution in [0.2, 0.25) is 0 Å². The van der Waals surface area contributed by atoms with Gasteiger partial charge >= 0.3 is 6.01 Å². The Morgan fingerprint density at radius 1 is 1.09 bits per heavy atom. The van der Waals surface area contributed by atoms with Gasteiger partial charge < -0.3 is 25.0 Å². The van der Waals surface area contributed by atoms with Gasteiger partial charge in [-0.3, -0.25) is 0 Å². The molecule has 0 spiro atoms. The lowest BCUT2D eigenvalue weighted by molar-refractivity contribution is -0.0679. The number of piperazine rings is 1. The molecule has 0 aliphatic carbocycles. The highest BCUT2D eigenvalue weighted by Gasteiger charge is 2.44. The summed E-state index contributed by atoms with van der Waals surface area (Å²) in [5, 5.41) is 14.5. The number of hydrogen-bond donors (Lipinski definition) is 2. The second kappa shape index (κ2) is 11.8. The number of piperidine rings is 1. The highest BCUT2D eigenvalue weighted by molar-refractivity contribution is 6.04. The number of alkyl halides is 2. The number of likely N-dealkylation sites (tertiary alicyclic amines) is 1. The Labute approximate surface area is 268 Å². The first-order chi connectivity index (χ1) is 22.5. The molecule has 2 N–H and O–H groups in total. The number of hydrogen-bond acceptors (Lipinski definition) is 7. The van der Waals surface area contributed by atoms with E-state index in [0.717, 1.165) is 31.0 Å². The van der Waals surface area contributed by atoms with Crippen molar-refractivity contribution in [2.75, 3.05) is 44.7 Å². The number of anilines is 1. The summed E-state index contributed by atoms with van der Waals surface area (Å²) in [6.07, 6.45) is 5.24. The molecule has 4 heterocycles. The first-order valence-electron chi connectivity index (χ1n) is 15.7. The quantitative estimate of drug-likeness (QED) is 0.193. The lowest BCUT2D eigenvalue weighted by Gasteiger charge is -2.44. The van der Waals surface area contributed by atoms with E-state index in [1.807, 2.05) is 16.8 Å². The number of nitrogens with zero attached hydrogens (tertiary/aromatic N) is 4. The number of benzene rings is 3. The maximum Gasteiger partial charge on any atom is 0.319 e. The van der Waals surface area contributed by atoms with Crippen LogP contribution in [0.25, 0.3) is 32.8 Å². The van der Waals surface area contributed by atoms with Crippen molar-refractivity contribution < 1.29 is 31.8 Å². The van der Waals surface area contributed by atoms with Crippen molar-refractivity contribution in [3.63, 3.8) is 0 Å². The van der Waals surface area contributed by atoms with Crippen LogP contribution in [-0.2, 0) is 0 Å². The fourth-order valence-corrected chi connectivity index (χ4v) is 7.78. The standard InChI is InChI=1S/C35H34F5N5O2/c1-4-22-26(36)8-5-18-11-21(46)12-23(28(18)22)29-27(37)13-24-31(30(29)38)42-34(43-33(24)45-14-19-6-7-20(15-45)41-19)47-17-35(2)16-44(3)10-9-25(35)32(39)40/h1,5,8,11-13,19-20,25,32,41,46H,6-7,9-10,14-17H2,2-3H3/t19-,20+,25-,35+/m1/s1. The van der Waals surface area contributed by atoms with Crippen molar-refractivity contribution in [1.29, 1.82) is 0 Å². The number of ether oxygens (including phenoxy) is 1. The molecule has 7 nitrogen and oxygen atoms in total. The molecule has 246 valence electrons. The molecule has 3 aromatic carbocycles.